The maximum Gasteiger partial charge on any atom is 0.329 e. The number of carbonyl (C=O) groups excluding carboxylic acids is 2. The van der Waals surface area contributed by atoms with E-state index >= 15 is 0 Å². The summed E-state index contributed by atoms with van der Waals surface area (Å²) in [5, 5.41) is 10.0. The number of ketones is 1. The number of hydrogen-bond donors (Lipinski definition) is 1. The van der Waals surface area contributed by atoms with E-state index in [4.69, 9.17) is 0 Å². The van der Waals surface area contributed by atoms with Crippen molar-refractivity contribution in [2.75, 3.05) is 0 Å². The summed E-state index contributed by atoms with van der Waals surface area (Å²) in [6, 6.07) is 9.18. The molecule has 4 unspecified atom stereocenters. The Morgan fingerprint density at radius 1 is 1.19 bits per heavy atom. The topological polar surface area (TPSA) is 74.7 Å². The number of aliphatic carboxylic acids is 1. The molecule has 1 N–H and O–H groups in total. The molecule has 5 nitrogen and oxygen atoms in total. The zero-order chi connectivity index (χ0) is 18.5. The minimum atomic E-state index is -1.32. The van der Waals surface area contributed by atoms with Crippen LogP contribution in [0.2, 0.25) is 0 Å². The first kappa shape index (κ1) is 17.0. The van der Waals surface area contributed by atoms with Gasteiger partial charge in [-0.25, -0.2) is 4.79 Å². The van der Waals surface area contributed by atoms with Crippen molar-refractivity contribution in [3.8, 4) is 0 Å². The number of likely N-dealkylation sites (tertiary alicyclic amines) is 1. The number of carboxylic acid groups (broad SMARTS) is 1. The Balaban J connectivity index is 1.77. The lowest BCUT2D eigenvalue weighted by Gasteiger charge is -2.37. The number of amides is 1. The van der Waals surface area contributed by atoms with Gasteiger partial charge in [0.2, 0.25) is 5.91 Å². The molecule has 2 saturated carbocycles. The van der Waals surface area contributed by atoms with E-state index in [1.165, 1.54) is 4.90 Å². The molecule has 136 valence electrons. The highest BCUT2D eigenvalue weighted by molar-refractivity contribution is 5.95. The summed E-state index contributed by atoms with van der Waals surface area (Å²) in [6.45, 7) is 1.63. The van der Waals surface area contributed by atoms with E-state index in [0.29, 0.717) is 12.8 Å². The molecule has 1 heterocycles. The van der Waals surface area contributed by atoms with E-state index in [1.54, 1.807) is 6.92 Å². The Kier molecular flexibility index (Phi) is 3.98. The molecule has 4 rings (SSSR count). The van der Waals surface area contributed by atoms with Crippen LogP contribution in [0, 0.1) is 17.8 Å². The number of rotatable bonds is 4. The zero-order valence-electron chi connectivity index (χ0n) is 14.8. The number of benzene rings is 1. The number of Topliss-reactive ketones (excluding diaryl/α,β-unsaturated/α-hetero) is 1. The van der Waals surface area contributed by atoms with Gasteiger partial charge in [0.25, 0.3) is 0 Å². The van der Waals surface area contributed by atoms with Crippen molar-refractivity contribution in [1.82, 2.24) is 4.90 Å². The summed E-state index contributed by atoms with van der Waals surface area (Å²) in [7, 11) is 0. The van der Waals surface area contributed by atoms with E-state index in [1.807, 2.05) is 42.5 Å². The molecule has 5 heteroatoms. The summed E-state index contributed by atoms with van der Waals surface area (Å²) in [5.74, 6) is -1.86. The molecule has 0 radical (unpaired) electrons. The molecule has 0 bridgehead atoms. The first-order valence-electron chi connectivity index (χ1n) is 9.27. The van der Waals surface area contributed by atoms with Crippen molar-refractivity contribution in [3.63, 3.8) is 0 Å². The van der Waals surface area contributed by atoms with E-state index in [9.17, 15) is 19.5 Å². The standard InChI is InChI=1S/C21H23NO4/c1-21(20(25)26)15-10-12-17(23)18(15)16(22(21)19(24)14-8-9-14)11-7-13-5-3-2-4-6-13/h2-7,11,14-16,18H,8-10,12H2,1H3,(H,25,26). The molecule has 0 spiro atoms. The monoisotopic (exact) mass is 353 g/mol. The molecule has 1 aromatic carbocycles. The molecule has 2 aliphatic carbocycles. The van der Waals surface area contributed by atoms with Gasteiger partial charge in [-0.2, -0.15) is 0 Å². The largest absolute Gasteiger partial charge is 0.479 e. The molecule has 1 aromatic rings. The van der Waals surface area contributed by atoms with Crippen LogP contribution < -0.4 is 0 Å². The van der Waals surface area contributed by atoms with Gasteiger partial charge in [0.05, 0.1) is 6.04 Å². The molecule has 4 atom stereocenters. The predicted molar refractivity (Wildman–Crippen MR) is 96.1 cm³/mol. The lowest BCUT2D eigenvalue weighted by atomic mass is 9.81. The Bertz CT molecular complexity index is 782. The Morgan fingerprint density at radius 2 is 1.88 bits per heavy atom. The van der Waals surface area contributed by atoms with E-state index < -0.39 is 23.5 Å². The van der Waals surface area contributed by atoms with Gasteiger partial charge in [0, 0.05) is 24.2 Å². The van der Waals surface area contributed by atoms with Gasteiger partial charge in [-0.1, -0.05) is 42.5 Å². The van der Waals surface area contributed by atoms with E-state index in [2.05, 4.69) is 0 Å². The molecule has 1 amide bonds. The number of nitrogens with zero attached hydrogens (tertiary/aromatic N) is 1. The summed E-state index contributed by atoms with van der Waals surface area (Å²) < 4.78 is 0. The SMILES string of the molecule is CC1(C(=O)O)C2CCC(=O)C2C(C=Cc2ccccc2)N1C(=O)C1CC1. The van der Waals surface area contributed by atoms with Crippen LogP contribution in [0.5, 0.6) is 0 Å². The summed E-state index contributed by atoms with van der Waals surface area (Å²) in [5.41, 5.74) is -0.348. The normalized spacial score (nSPS) is 33.7. The van der Waals surface area contributed by atoms with Crippen molar-refractivity contribution in [1.29, 1.82) is 0 Å². The quantitative estimate of drug-likeness (QED) is 0.903. The van der Waals surface area contributed by atoms with Gasteiger partial charge >= 0.3 is 5.97 Å². The van der Waals surface area contributed by atoms with Crippen molar-refractivity contribution < 1.29 is 19.5 Å². The summed E-state index contributed by atoms with van der Waals surface area (Å²) in [4.78, 5) is 39.3. The second-order valence-electron chi connectivity index (χ2n) is 7.83. The molecule has 0 aromatic heterocycles. The predicted octanol–water partition coefficient (Wildman–Crippen LogP) is 2.76. The van der Waals surface area contributed by atoms with Gasteiger partial charge in [0.15, 0.2) is 0 Å². The third kappa shape index (κ3) is 2.49. The number of carboxylic acids is 1. The zero-order valence-corrected chi connectivity index (χ0v) is 14.8. The second-order valence-corrected chi connectivity index (χ2v) is 7.83. The highest BCUT2D eigenvalue weighted by Crippen LogP contribution is 2.52. The lowest BCUT2D eigenvalue weighted by Crippen LogP contribution is -2.56. The average molecular weight is 353 g/mol. The van der Waals surface area contributed by atoms with Crippen LogP contribution in [-0.2, 0) is 14.4 Å². The second kappa shape index (κ2) is 6.08. The smallest absolute Gasteiger partial charge is 0.329 e. The van der Waals surface area contributed by atoms with Gasteiger partial charge in [-0.15, -0.1) is 0 Å². The van der Waals surface area contributed by atoms with Crippen LogP contribution in [0.25, 0.3) is 6.08 Å². The summed E-state index contributed by atoms with van der Waals surface area (Å²) in [6.07, 6.45) is 6.32. The number of fused-ring (bicyclic) bond motifs is 1. The van der Waals surface area contributed by atoms with Crippen LogP contribution in [0.1, 0.15) is 38.2 Å². The third-order valence-electron chi connectivity index (χ3n) is 6.28. The highest BCUT2D eigenvalue weighted by Gasteiger charge is 2.65. The van der Waals surface area contributed by atoms with Crippen LogP contribution >= 0.6 is 0 Å². The van der Waals surface area contributed by atoms with Gasteiger partial charge < -0.3 is 10.0 Å². The van der Waals surface area contributed by atoms with Crippen LogP contribution in [0.3, 0.4) is 0 Å². The molecular weight excluding hydrogens is 330 g/mol. The fraction of sp³-hybridized carbons (Fsp3) is 0.476. The first-order valence-corrected chi connectivity index (χ1v) is 9.27. The molecule has 3 aliphatic rings. The molecule has 1 saturated heterocycles. The van der Waals surface area contributed by atoms with Crippen molar-refractivity contribution in [2.45, 2.75) is 44.2 Å². The minimum Gasteiger partial charge on any atom is -0.479 e. The highest BCUT2D eigenvalue weighted by atomic mass is 16.4. The number of hydrogen-bond acceptors (Lipinski definition) is 3. The molecule has 3 fully saturated rings. The van der Waals surface area contributed by atoms with Gasteiger partial charge in [0.1, 0.15) is 11.3 Å². The van der Waals surface area contributed by atoms with Crippen molar-refractivity contribution in [3.05, 3.63) is 42.0 Å². The van der Waals surface area contributed by atoms with Crippen LogP contribution in [-0.4, -0.2) is 39.2 Å². The lowest BCUT2D eigenvalue weighted by molar-refractivity contribution is -0.159. The molecule has 1 aliphatic heterocycles. The first-order chi connectivity index (χ1) is 12.4. The van der Waals surface area contributed by atoms with Crippen molar-refractivity contribution in [2.24, 2.45) is 17.8 Å². The summed E-state index contributed by atoms with van der Waals surface area (Å²) >= 11 is 0. The molecule has 26 heavy (non-hydrogen) atoms. The van der Waals surface area contributed by atoms with Crippen LogP contribution in [0.15, 0.2) is 36.4 Å². The fourth-order valence-electron chi connectivity index (χ4n) is 4.72. The van der Waals surface area contributed by atoms with Crippen molar-refractivity contribution >= 4 is 23.7 Å². The van der Waals surface area contributed by atoms with Gasteiger partial charge in [-0.3, -0.25) is 9.59 Å². The third-order valence-corrected chi connectivity index (χ3v) is 6.28. The molecular formula is C21H23NO4. The fourth-order valence-corrected chi connectivity index (χ4v) is 4.72. The maximum atomic E-state index is 13.0. The van der Waals surface area contributed by atoms with Gasteiger partial charge in [-0.05, 0) is 31.7 Å². The van der Waals surface area contributed by atoms with Crippen LogP contribution in [0.4, 0.5) is 0 Å². The average Bonchev–Trinajstić information content (AvgIpc) is 3.36. The van der Waals surface area contributed by atoms with E-state index in [0.717, 1.165) is 18.4 Å². The Morgan fingerprint density at radius 3 is 2.50 bits per heavy atom. The maximum absolute atomic E-state index is 13.0. The minimum absolute atomic E-state index is 0.0799. The Hall–Kier alpha value is -2.43. The number of carbonyl (C=O) groups is 3. The Labute approximate surface area is 152 Å². The van der Waals surface area contributed by atoms with E-state index in [-0.39, 0.29) is 23.5 Å².